The van der Waals surface area contributed by atoms with E-state index in [1.165, 1.54) is 12.8 Å². The second-order valence-corrected chi connectivity index (χ2v) is 6.05. The molecule has 3 N–H and O–H groups in total. The quantitative estimate of drug-likeness (QED) is 0.755. The number of rotatable bonds is 5. The highest BCUT2D eigenvalue weighted by Gasteiger charge is 2.42. The van der Waals surface area contributed by atoms with Crippen LogP contribution in [-0.2, 0) is 9.53 Å². The number of ether oxygens (including phenoxy) is 1. The number of methoxy groups -OCH3 is 1. The van der Waals surface area contributed by atoms with Gasteiger partial charge in [0.15, 0.2) is 0 Å². The van der Waals surface area contributed by atoms with Gasteiger partial charge in [0.2, 0.25) is 5.91 Å². The van der Waals surface area contributed by atoms with Crippen LogP contribution in [0.25, 0.3) is 0 Å². The first kappa shape index (κ1) is 14.8. The Bertz CT molecular complexity index is 324. The van der Waals surface area contributed by atoms with E-state index in [0.717, 1.165) is 39.0 Å². The monoisotopic (exact) mass is 269 g/mol. The molecule has 0 bridgehead atoms. The van der Waals surface area contributed by atoms with Crippen LogP contribution in [0.3, 0.4) is 0 Å². The molecule has 2 rings (SSSR count). The Labute approximate surface area is 115 Å². The minimum atomic E-state index is -0.498. The van der Waals surface area contributed by atoms with Crippen LogP contribution >= 0.6 is 0 Å². The molecule has 1 saturated carbocycles. The highest BCUT2D eigenvalue weighted by atomic mass is 16.5. The number of nitrogens with one attached hydrogen (secondary N) is 1. The van der Waals surface area contributed by atoms with E-state index in [-0.39, 0.29) is 5.91 Å². The highest BCUT2D eigenvalue weighted by molar-refractivity contribution is 5.84. The minimum absolute atomic E-state index is 0.202. The van der Waals surface area contributed by atoms with Gasteiger partial charge < -0.3 is 15.8 Å². The molecule has 1 heterocycles. The van der Waals surface area contributed by atoms with Crippen molar-refractivity contribution in [3.05, 3.63) is 0 Å². The minimum Gasteiger partial charge on any atom is -0.384 e. The molecule has 5 heteroatoms. The van der Waals surface area contributed by atoms with Crippen molar-refractivity contribution in [3.63, 3.8) is 0 Å². The summed E-state index contributed by atoms with van der Waals surface area (Å²) in [6.07, 6.45) is 5.16. The van der Waals surface area contributed by atoms with Gasteiger partial charge in [0, 0.05) is 19.7 Å². The Morgan fingerprint density at radius 1 is 1.53 bits per heavy atom. The molecule has 1 aliphatic carbocycles. The molecule has 0 aromatic heterocycles. The van der Waals surface area contributed by atoms with Crippen molar-refractivity contribution in [1.82, 2.24) is 10.2 Å². The predicted octanol–water partition coefficient (Wildman–Crippen LogP) is 0.341. The van der Waals surface area contributed by atoms with E-state index in [2.05, 4.69) is 10.2 Å². The lowest BCUT2D eigenvalue weighted by Gasteiger charge is -2.41. The number of hydrogen-bond donors (Lipinski definition) is 2. The fourth-order valence-electron chi connectivity index (χ4n) is 3.70. The Morgan fingerprint density at radius 3 is 2.95 bits per heavy atom. The van der Waals surface area contributed by atoms with Crippen molar-refractivity contribution in [3.8, 4) is 0 Å². The fourth-order valence-corrected chi connectivity index (χ4v) is 3.70. The third-order valence-corrected chi connectivity index (χ3v) is 4.91. The summed E-state index contributed by atoms with van der Waals surface area (Å²) in [6.45, 7) is 3.06. The van der Waals surface area contributed by atoms with Gasteiger partial charge in [-0.15, -0.1) is 0 Å². The molecule has 19 heavy (non-hydrogen) atoms. The molecule has 1 saturated heterocycles. The number of hydrogen-bond acceptors (Lipinski definition) is 4. The summed E-state index contributed by atoms with van der Waals surface area (Å²) in [4.78, 5) is 14.3. The molecular formula is C14H27N3O2. The van der Waals surface area contributed by atoms with Gasteiger partial charge in [0.25, 0.3) is 0 Å². The second-order valence-electron chi connectivity index (χ2n) is 6.05. The second kappa shape index (κ2) is 6.20. The van der Waals surface area contributed by atoms with E-state index < -0.39 is 5.54 Å². The number of likely N-dealkylation sites (N-methyl/N-ethyl adjacent to an activating group) is 1. The number of likely N-dealkylation sites (tertiary alicyclic amines) is 1. The van der Waals surface area contributed by atoms with E-state index in [9.17, 15) is 4.79 Å². The zero-order valence-electron chi connectivity index (χ0n) is 12.2. The maximum atomic E-state index is 11.8. The Kier molecular flexibility index (Phi) is 4.81. The average molecular weight is 269 g/mol. The van der Waals surface area contributed by atoms with Crippen molar-refractivity contribution in [1.29, 1.82) is 0 Å². The van der Waals surface area contributed by atoms with Crippen LogP contribution in [0.2, 0.25) is 0 Å². The molecule has 5 nitrogen and oxygen atoms in total. The van der Waals surface area contributed by atoms with Crippen LogP contribution < -0.4 is 11.1 Å². The average Bonchev–Trinajstić information content (AvgIpc) is 2.87. The molecule has 3 atom stereocenters. The van der Waals surface area contributed by atoms with Gasteiger partial charge >= 0.3 is 0 Å². The molecule has 0 aromatic carbocycles. The van der Waals surface area contributed by atoms with Crippen LogP contribution in [0.4, 0.5) is 0 Å². The fraction of sp³-hybridized carbons (Fsp3) is 0.929. The van der Waals surface area contributed by atoms with Gasteiger partial charge in [-0.25, -0.2) is 0 Å². The summed E-state index contributed by atoms with van der Waals surface area (Å²) < 4.78 is 5.25. The first-order valence-corrected chi connectivity index (χ1v) is 7.33. The Balaban J connectivity index is 1.96. The van der Waals surface area contributed by atoms with Crippen LogP contribution in [0.5, 0.6) is 0 Å². The number of carbonyl (C=O) groups is 1. The molecule has 1 aliphatic heterocycles. The van der Waals surface area contributed by atoms with E-state index >= 15 is 0 Å². The van der Waals surface area contributed by atoms with Crippen molar-refractivity contribution in [2.45, 2.75) is 43.7 Å². The van der Waals surface area contributed by atoms with Crippen LogP contribution in [0, 0.1) is 5.92 Å². The largest absolute Gasteiger partial charge is 0.384 e. The summed E-state index contributed by atoms with van der Waals surface area (Å²) in [5.74, 6) is 0.442. The molecule has 1 amide bonds. The normalized spacial score (nSPS) is 36.5. The topological polar surface area (TPSA) is 67.6 Å². The van der Waals surface area contributed by atoms with Crippen molar-refractivity contribution in [2.24, 2.45) is 11.7 Å². The SMILES string of the molecule is CNC1(C(N)=O)CCCC(N2CCC(COC)C2)C1. The Morgan fingerprint density at radius 2 is 2.32 bits per heavy atom. The number of nitrogens with two attached hydrogens (primary N) is 1. The van der Waals surface area contributed by atoms with Crippen molar-refractivity contribution >= 4 is 5.91 Å². The van der Waals surface area contributed by atoms with Crippen LogP contribution in [-0.4, -0.2) is 56.2 Å². The lowest BCUT2D eigenvalue weighted by atomic mass is 9.78. The molecule has 2 fully saturated rings. The number of primary amides is 1. The molecular weight excluding hydrogens is 242 g/mol. The summed E-state index contributed by atoms with van der Waals surface area (Å²) >= 11 is 0. The third-order valence-electron chi connectivity index (χ3n) is 4.91. The van der Waals surface area contributed by atoms with Gasteiger partial charge in [-0.3, -0.25) is 9.69 Å². The molecule has 0 radical (unpaired) electrons. The van der Waals surface area contributed by atoms with Crippen molar-refractivity contribution < 1.29 is 9.53 Å². The van der Waals surface area contributed by atoms with Gasteiger partial charge in [-0.2, -0.15) is 0 Å². The third kappa shape index (κ3) is 3.09. The lowest BCUT2D eigenvalue weighted by Crippen LogP contribution is -2.59. The summed E-state index contributed by atoms with van der Waals surface area (Å²) in [6, 6.07) is 0.482. The van der Waals surface area contributed by atoms with Gasteiger partial charge in [-0.05, 0) is 51.6 Å². The standard InChI is InChI=1S/C14H27N3O2/c1-16-14(13(15)18)6-3-4-12(8-14)17-7-5-11(9-17)10-19-2/h11-12,16H,3-10H2,1-2H3,(H2,15,18). The van der Waals surface area contributed by atoms with E-state index in [1.807, 2.05) is 7.05 Å². The number of carbonyl (C=O) groups excluding carboxylic acids is 1. The smallest absolute Gasteiger partial charge is 0.237 e. The maximum Gasteiger partial charge on any atom is 0.237 e. The van der Waals surface area contributed by atoms with E-state index in [4.69, 9.17) is 10.5 Å². The molecule has 0 spiro atoms. The first-order valence-electron chi connectivity index (χ1n) is 7.33. The lowest BCUT2D eigenvalue weighted by molar-refractivity contribution is -0.126. The molecule has 2 aliphatic rings. The van der Waals surface area contributed by atoms with Crippen LogP contribution in [0.15, 0.2) is 0 Å². The Hall–Kier alpha value is -0.650. The number of nitrogens with zero attached hydrogens (tertiary/aromatic N) is 1. The summed E-state index contributed by atoms with van der Waals surface area (Å²) in [7, 11) is 3.62. The van der Waals surface area contributed by atoms with Crippen LogP contribution in [0.1, 0.15) is 32.1 Å². The van der Waals surface area contributed by atoms with Gasteiger partial charge in [-0.1, -0.05) is 0 Å². The van der Waals surface area contributed by atoms with Crippen molar-refractivity contribution in [2.75, 3.05) is 33.9 Å². The highest BCUT2D eigenvalue weighted by Crippen LogP contribution is 2.33. The molecule has 110 valence electrons. The molecule has 0 aromatic rings. The van der Waals surface area contributed by atoms with E-state index in [1.54, 1.807) is 7.11 Å². The van der Waals surface area contributed by atoms with Gasteiger partial charge in [0.05, 0.1) is 12.1 Å². The maximum absolute atomic E-state index is 11.8. The summed E-state index contributed by atoms with van der Waals surface area (Å²) in [5.41, 5.74) is 5.11. The zero-order chi connectivity index (χ0) is 13.9. The van der Waals surface area contributed by atoms with E-state index in [0.29, 0.717) is 12.0 Å². The first-order chi connectivity index (χ1) is 9.11. The summed E-state index contributed by atoms with van der Waals surface area (Å²) in [5, 5.41) is 3.18. The number of amides is 1. The van der Waals surface area contributed by atoms with Gasteiger partial charge in [0.1, 0.15) is 0 Å². The molecule has 3 unspecified atom stereocenters. The predicted molar refractivity (Wildman–Crippen MR) is 74.8 cm³/mol. The zero-order valence-corrected chi connectivity index (χ0v) is 12.2.